The van der Waals surface area contributed by atoms with Crippen molar-refractivity contribution in [2.24, 2.45) is 0 Å². The minimum absolute atomic E-state index is 0.0795. The van der Waals surface area contributed by atoms with Crippen LogP contribution in [0.15, 0.2) is 54.6 Å². The summed E-state index contributed by atoms with van der Waals surface area (Å²) in [4.78, 5) is 10.6. The molecule has 2 rings (SSSR count). The van der Waals surface area contributed by atoms with Gasteiger partial charge in [-0.2, -0.15) is 0 Å². The van der Waals surface area contributed by atoms with E-state index >= 15 is 0 Å². The summed E-state index contributed by atoms with van der Waals surface area (Å²) in [7, 11) is 0. The first kappa shape index (κ1) is 11.2. The fraction of sp³-hybridized carbons (Fsp3) is 0.0714. The maximum absolute atomic E-state index is 10.6. The predicted molar refractivity (Wildman–Crippen MR) is 68.0 cm³/mol. The summed E-state index contributed by atoms with van der Waals surface area (Å²) in [6.07, 6.45) is 0. The summed E-state index contributed by atoms with van der Waals surface area (Å²) in [5.74, 6) is -0.868. The predicted octanol–water partition coefficient (Wildman–Crippen LogP) is 2.85. The first-order chi connectivity index (χ1) is 8.27. The summed E-state index contributed by atoms with van der Waals surface area (Å²) >= 11 is 0. The topological polar surface area (TPSA) is 49.3 Å². The minimum Gasteiger partial charge on any atom is -0.480 e. The third-order valence-corrected chi connectivity index (χ3v) is 2.44. The van der Waals surface area contributed by atoms with E-state index in [-0.39, 0.29) is 6.54 Å². The molecule has 17 heavy (non-hydrogen) atoms. The molecule has 0 unspecified atom stereocenters. The molecule has 0 fully saturated rings. The molecule has 86 valence electrons. The molecule has 0 saturated heterocycles. The molecule has 2 aromatic carbocycles. The SMILES string of the molecule is O=C(O)CNc1ccccc1-c1ccccc1. The van der Waals surface area contributed by atoms with Crippen molar-refractivity contribution < 1.29 is 9.90 Å². The van der Waals surface area contributed by atoms with Crippen molar-refractivity contribution in [2.45, 2.75) is 0 Å². The molecule has 0 heterocycles. The van der Waals surface area contributed by atoms with Crippen LogP contribution in [0.4, 0.5) is 5.69 Å². The summed E-state index contributed by atoms with van der Waals surface area (Å²) in [5.41, 5.74) is 2.91. The van der Waals surface area contributed by atoms with Crippen LogP contribution >= 0.6 is 0 Å². The minimum atomic E-state index is -0.868. The van der Waals surface area contributed by atoms with Gasteiger partial charge >= 0.3 is 5.97 Å². The van der Waals surface area contributed by atoms with Crippen molar-refractivity contribution in [3.05, 3.63) is 54.6 Å². The lowest BCUT2D eigenvalue weighted by molar-refractivity contribution is -0.134. The van der Waals surface area contributed by atoms with Gasteiger partial charge in [-0.25, -0.2) is 0 Å². The summed E-state index contributed by atoms with van der Waals surface area (Å²) < 4.78 is 0. The number of para-hydroxylation sites is 1. The van der Waals surface area contributed by atoms with E-state index in [9.17, 15) is 4.79 Å². The van der Waals surface area contributed by atoms with Gasteiger partial charge in [-0.3, -0.25) is 4.79 Å². The molecule has 3 nitrogen and oxygen atoms in total. The number of benzene rings is 2. The number of carbonyl (C=O) groups is 1. The molecule has 0 amide bonds. The second-order valence-corrected chi connectivity index (χ2v) is 3.66. The number of carboxylic acids is 1. The third kappa shape index (κ3) is 2.84. The van der Waals surface area contributed by atoms with Gasteiger partial charge in [-0.1, -0.05) is 48.5 Å². The van der Waals surface area contributed by atoms with Crippen LogP contribution in [0.3, 0.4) is 0 Å². The fourth-order valence-electron chi connectivity index (χ4n) is 1.68. The van der Waals surface area contributed by atoms with Crippen LogP contribution in [-0.2, 0) is 4.79 Å². The van der Waals surface area contributed by atoms with Gasteiger partial charge in [0.15, 0.2) is 0 Å². The van der Waals surface area contributed by atoms with Crippen molar-refractivity contribution in [3.63, 3.8) is 0 Å². The first-order valence-corrected chi connectivity index (χ1v) is 5.37. The number of rotatable bonds is 4. The Morgan fingerprint density at radius 1 is 1.00 bits per heavy atom. The number of anilines is 1. The van der Waals surface area contributed by atoms with Gasteiger partial charge in [-0.05, 0) is 11.6 Å². The van der Waals surface area contributed by atoms with Gasteiger partial charge in [-0.15, -0.1) is 0 Å². The van der Waals surface area contributed by atoms with E-state index in [0.717, 1.165) is 16.8 Å². The second-order valence-electron chi connectivity index (χ2n) is 3.66. The van der Waals surface area contributed by atoms with E-state index in [1.165, 1.54) is 0 Å². The molecule has 2 N–H and O–H groups in total. The van der Waals surface area contributed by atoms with E-state index in [0.29, 0.717) is 0 Å². The molecular formula is C14H13NO2. The number of nitrogens with one attached hydrogen (secondary N) is 1. The average Bonchev–Trinajstić information content (AvgIpc) is 2.38. The summed E-state index contributed by atoms with van der Waals surface area (Å²) in [6.45, 7) is -0.0795. The van der Waals surface area contributed by atoms with Crippen LogP contribution in [0.25, 0.3) is 11.1 Å². The Balaban J connectivity index is 2.31. The molecule has 0 aliphatic heterocycles. The van der Waals surface area contributed by atoms with E-state index in [4.69, 9.17) is 5.11 Å². The molecule has 0 radical (unpaired) electrons. The van der Waals surface area contributed by atoms with Crippen molar-refractivity contribution in [3.8, 4) is 11.1 Å². The van der Waals surface area contributed by atoms with Crippen LogP contribution in [0.5, 0.6) is 0 Å². The third-order valence-electron chi connectivity index (χ3n) is 2.44. The monoisotopic (exact) mass is 227 g/mol. The highest BCUT2D eigenvalue weighted by Gasteiger charge is 2.04. The highest BCUT2D eigenvalue weighted by atomic mass is 16.4. The Bertz CT molecular complexity index is 509. The van der Waals surface area contributed by atoms with Gasteiger partial charge in [0.1, 0.15) is 6.54 Å². The highest BCUT2D eigenvalue weighted by molar-refractivity contribution is 5.81. The molecule has 0 bridgehead atoms. The molecule has 0 aromatic heterocycles. The van der Waals surface area contributed by atoms with E-state index in [1.54, 1.807) is 0 Å². The number of hydrogen-bond donors (Lipinski definition) is 2. The standard InChI is InChI=1S/C14H13NO2/c16-14(17)10-15-13-9-5-4-8-12(13)11-6-2-1-3-7-11/h1-9,15H,10H2,(H,16,17). The number of hydrogen-bond acceptors (Lipinski definition) is 2. The van der Waals surface area contributed by atoms with E-state index in [2.05, 4.69) is 5.32 Å². The van der Waals surface area contributed by atoms with E-state index in [1.807, 2.05) is 54.6 Å². The molecule has 0 saturated carbocycles. The zero-order valence-corrected chi connectivity index (χ0v) is 9.26. The van der Waals surface area contributed by atoms with E-state index < -0.39 is 5.97 Å². The normalized spacial score (nSPS) is 9.88. The zero-order chi connectivity index (χ0) is 12.1. The average molecular weight is 227 g/mol. The Hall–Kier alpha value is -2.29. The molecule has 3 heteroatoms. The molecule has 0 spiro atoms. The lowest BCUT2D eigenvalue weighted by Gasteiger charge is -2.10. The van der Waals surface area contributed by atoms with Crippen LogP contribution in [0.1, 0.15) is 0 Å². The highest BCUT2D eigenvalue weighted by Crippen LogP contribution is 2.27. The maximum atomic E-state index is 10.6. The lowest BCUT2D eigenvalue weighted by atomic mass is 10.0. The summed E-state index contributed by atoms with van der Waals surface area (Å²) in [5, 5.41) is 11.6. The Morgan fingerprint density at radius 3 is 2.35 bits per heavy atom. The Morgan fingerprint density at radius 2 is 1.65 bits per heavy atom. The fourth-order valence-corrected chi connectivity index (χ4v) is 1.68. The van der Waals surface area contributed by atoms with Crippen molar-refractivity contribution in [2.75, 3.05) is 11.9 Å². The van der Waals surface area contributed by atoms with Crippen molar-refractivity contribution >= 4 is 11.7 Å². The quantitative estimate of drug-likeness (QED) is 0.844. The largest absolute Gasteiger partial charge is 0.480 e. The first-order valence-electron chi connectivity index (χ1n) is 5.37. The molecule has 0 aliphatic rings. The van der Waals surface area contributed by atoms with Gasteiger partial charge in [0, 0.05) is 11.3 Å². The zero-order valence-electron chi connectivity index (χ0n) is 9.26. The maximum Gasteiger partial charge on any atom is 0.322 e. The van der Waals surface area contributed by atoms with Crippen molar-refractivity contribution in [1.82, 2.24) is 0 Å². The van der Waals surface area contributed by atoms with Gasteiger partial charge < -0.3 is 10.4 Å². The second kappa shape index (κ2) is 5.16. The number of carboxylic acid groups (broad SMARTS) is 1. The van der Waals surface area contributed by atoms with Crippen LogP contribution in [-0.4, -0.2) is 17.6 Å². The molecule has 2 aromatic rings. The van der Waals surface area contributed by atoms with Gasteiger partial charge in [0.2, 0.25) is 0 Å². The lowest BCUT2D eigenvalue weighted by Crippen LogP contribution is -2.12. The van der Waals surface area contributed by atoms with Gasteiger partial charge in [0.05, 0.1) is 0 Å². The molecule has 0 aliphatic carbocycles. The molecule has 0 atom stereocenters. The van der Waals surface area contributed by atoms with Crippen LogP contribution in [0, 0.1) is 0 Å². The van der Waals surface area contributed by atoms with Gasteiger partial charge in [0.25, 0.3) is 0 Å². The van der Waals surface area contributed by atoms with Crippen molar-refractivity contribution in [1.29, 1.82) is 0 Å². The summed E-state index contributed by atoms with van der Waals surface area (Å²) in [6, 6.07) is 17.6. The Labute approximate surface area is 99.7 Å². The smallest absolute Gasteiger partial charge is 0.322 e. The Kier molecular flexibility index (Phi) is 3.40. The van der Waals surface area contributed by atoms with Crippen LogP contribution in [0.2, 0.25) is 0 Å². The number of aliphatic carboxylic acids is 1. The molecular weight excluding hydrogens is 214 g/mol. The van der Waals surface area contributed by atoms with Crippen LogP contribution < -0.4 is 5.32 Å².